The van der Waals surface area contributed by atoms with Gasteiger partial charge in [-0.2, -0.15) is 5.21 Å². The number of rotatable bonds is 2. The fourth-order valence-corrected chi connectivity index (χ4v) is 1.22. The highest BCUT2D eigenvalue weighted by Crippen LogP contribution is 2.11. The van der Waals surface area contributed by atoms with E-state index in [1.165, 1.54) is 12.1 Å². The van der Waals surface area contributed by atoms with Crippen molar-refractivity contribution in [3.8, 4) is 0 Å². The average Bonchev–Trinajstić information content (AvgIpc) is 2.74. The van der Waals surface area contributed by atoms with E-state index in [1.807, 2.05) is 0 Å². The Hall–Kier alpha value is -2.31. The molecule has 6 nitrogen and oxygen atoms in total. The molecule has 0 aliphatic heterocycles. The lowest BCUT2D eigenvalue weighted by Gasteiger charge is -2.04. The molecule has 0 spiro atoms. The number of aryl methyl sites for hydroxylation is 1. The van der Waals surface area contributed by atoms with E-state index < -0.39 is 11.7 Å². The lowest BCUT2D eigenvalue weighted by Crippen LogP contribution is -2.14. The molecule has 82 valence electrons. The van der Waals surface area contributed by atoms with E-state index >= 15 is 0 Å². The van der Waals surface area contributed by atoms with Crippen molar-refractivity contribution in [1.82, 2.24) is 20.6 Å². The van der Waals surface area contributed by atoms with E-state index in [2.05, 4.69) is 25.9 Å². The van der Waals surface area contributed by atoms with E-state index in [4.69, 9.17) is 0 Å². The van der Waals surface area contributed by atoms with E-state index in [1.54, 1.807) is 6.92 Å². The molecule has 1 aromatic heterocycles. The molecule has 2 rings (SSSR count). The Morgan fingerprint density at radius 1 is 1.50 bits per heavy atom. The number of H-pyrrole nitrogens is 1. The highest BCUT2D eigenvalue weighted by Gasteiger charge is 2.11. The van der Waals surface area contributed by atoms with Gasteiger partial charge in [0.1, 0.15) is 5.82 Å². The van der Waals surface area contributed by atoms with Crippen LogP contribution < -0.4 is 5.32 Å². The van der Waals surface area contributed by atoms with Crippen LogP contribution in [0.25, 0.3) is 0 Å². The number of hydrogen-bond donors (Lipinski definition) is 2. The number of amides is 1. The number of anilines is 1. The molecule has 1 aromatic carbocycles. The summed E-state index contributed by atoms with van der Waals surface area (Å²) in [7, 11) is 0. The molecule has 2 aromatic rings. The minimum absolute atomic E-state index is 0.0497. The van der Waals surface area contributed by atoms with E-state index in [9.17, 15) is 9.18 Å². The topological polar surface area (TPSA) is 83.6 Å². The van der Waals surface area contributed by atoms with Crippen LogP contribution in [0, 0.1) is 12.7 Å². The predicted octanol–water partition coefficient (Wildman–Crippen LogP) is 0.900. The van der Waals surface area contributed by atoms with Crippen molar-refractivity contribution in [3.05, 3.63) is 35.1 Å². The molecule has 0 saturated carbocycles. The minimum atomic E-state index is -0.474. The summed E-state index contributed by atoms with van der Waals surface area (Å²) in [5.74, 6) is -0.893. The molecular formula is C9H8FN5O. The van der Waals surface area contributed by atoms with Gasteiger partial charge in [-0.05, 0) is 29.8 Å². The molecule has 0 atom stereocenters. The third-order valence-electron chi connectivity index (χ3n) is 2.01. The molecular weight excluding hydrogens is 213 g/mol. The number of carbonyl (C=O) groups excluding carboxylic acids is 1. The highest BCUT2D eigenvalue weighted by atomic mass is 19.1. The zero-order chi connectivity index (χ0) is 11.5. The SMILES string of the molecule is Cc1ccc(F)cc1C(=O)Nc1nn[nH]n1. The van der Waals surface area contributed by atoms with Gasteiger partial charge in [-0.15, -0.1) is 5.10 Å². The molecule has 16 heavy (non-hydrogen) atoms. The number of benzene rings is 1. The third kappa shape index (κ3) is 2.02. The fraction of sp³-hybridized carbons (Fsp3) is 0.111. The Morgan fingerprint density at radius 2 is 2.31 bits per heavy atom. The van der Waals surface area contributed by atoms with E-state index in [0.29, 0.717) is 5.56 Å². The van der Waals surface area contributed by atoms with Gasteiger partial charge in [0.15, 0.2) is 0 Å². The van der Waals surface area contributed by atoms with Crippen LogP contribution in [-0.4, -0.2) is 26.5 Å². The summed E-state index contributed by atoms with van der Waals surface area (Å²) in [6, 6.07) is 3.98. The first-order valence-corrected chi connectivity index (χ1v) is 4.48. The number of nitrogens with one attached hydrogen (secondary N) is 2. The van der Waals surface area contributed by atoms with Crippen molar-refractivity contribution in [2.24, 2.45) is 0 Å². The second kappa shape index (κ2) is 4.05. The molecule has 0 radical (unpaired) electrons. The normalized spacial score (nSPS) is 10.1. The van der Waals surface area contributed by atoms with Gasteiger partial charge in [0.2, 0.25) is 0 Å². The first-order valence-electron chi connectivity index (χ1n) is 4.48. The molecule has 0 unspecified atom stereocenters. The molecule has 0 aliphatic carbocycles. The predicted molar refractivity (Wildman–Crippen MR) is 53.3 cm³/mol. The number of nitrogens with zero attached hydrogens (tertiary/aromatic N) is 3. The smallest absolute Gasteiger partial charge is 0.270 e. The largest absolute Gasteiger partial charge is 0.288 e. The summed E-state index contributed by atoms with van der Waals surface area (Å²) >= 11 is 0. The molecule has 0 saturated heterocycles. The number of halogens is 1. The van der Waals surface area contributed by atoms with Crippen molar-refractivity contribution in [2.75, 3.05) is 5.32 Å². The zero-order valence-corrected chi connectivity index (χ0v) is 8.36. The Balaban J connectivity index is 2.24. The van der Waals surface area contributed by atoms with Gasteiger partial charge in [0.25, 0.3) is 11.9 Å². The van der Waals surface area contributed by atoms with Crippen LogP contribution in [0.2, 0.25) is 0 Å². The maximum Gasteiger partial charge on any atom is 0.270 e. The van der Waals surface area contributed by atoms with Crippen molar-refractivity contribution in [2.45, 2.75) is 6.92 Å². The summed E-state index contributed by atoms with van der Waals surface area (Å²) < 4.78 is 13.0. The summed E-state index contributed by atoms with van der Waals surface area (Å²) in [5.41, 5.74) is 0.909. The second-order valence-corrected chi connectivity index (χ2v) is 3.15. The quantitative estimate of drug-likeness (QED) is 0.789. The van der Waals surface area contributed by atoms with Gasteiger partial charge in [-0.1, -0.05) is 11.2 Å². The van der Waals surface area contributed by atoms with Crippen LogP contribution in [-0.2, 0) is 0 Å². The number of aromatic nitrogens is 4. The summed E-state index contributed by atoms with van der Waals surface area (Å²) in [6.45, 7) is 1.71. The van der Waals surface area contributed by atoms with E-state index in [-0.39, 0.29) is 11.5 Å². The summed E-state index contributed by atoms with van der Waals surface area (Å²) in [5, 5.41) is 15.0. The van der Waals surface area contributed by atoms with Gasteiger partial charge in [-0.3, -0.25) is 10.1 Å². The first-order chi connectivity index (χ1) is 7.66. The first kappa shape index (κ1) is 10.2. The third-order valence-corrected chi connectivity index (χ3v) is 2.01. The van der Waals surface area contributed by atoms with Crippen LogP contribution in [0.5, 0.6) is 0 Å². The molecule has 2 N–H and O–H groups in total. The van der Waals surface area contributed by atoms with Gasteiger partial charge in [-0.25, -0.2) is 4.39 Å². The van der Waals surface area contributed by atoms with Crippen LogP contribution in [0.1, 0.15) is 15.9 Å². The maximum atomic E-state index is 13.0. The summed E-state index contributed by atoms with van der Waals surface area (Å²) in [4.78, 5) is 11.7. The minimum Gasteiger partial charge on any atom is -0.288 e. The Morgan fingerprint density at radius 3 is 3.00 bits per heavy atom. The number of aromatic amines is 1. The molecule has 1 amide bonds. The van der Waals surface area contributed by atoms with E-state index in [0.717, 1.165) is 6.07 Å². The van der Waals surface area contributed by atoms with Gasteiger partial charge in [0.05, 0.1) is 0 Å². The maximum absolute atomic E-state index is 13.0. The molecule has 0 aliphatic rings. The Kier molecular flexibility index (Phi) is 2.59. The van der Waals surface area contributed by atoms with Gasteiger partial charge >= 0.3 is 0 Å². The van der Waals surface area contributed by atoms with Crippen molar-refractivity contribution in [3.63, 3.8) is 0 Å². The summed E-state index contributed by atoms with van der Waals surface area (Å²) in [6.07, 6.45) is 0. The number of hydrogen-bond acceptors (Lipinski definition) is 4. The van der Waals surface area contributed by atoms with Crippen molar-refractivity contribution >= 4 is 11.9 Å². The molecule has 7 heteroatoms. The molecule has 0 fully saturated rings. The standard InChI is InChI=1S/C9H8FN5O/c1-5-2-3-6(10)4-7(5)8(16)11-9-12-14-15-13-9/h2-4H,1H3,(H2,11,12,13,14,15,16). The molecule has 1 heterocycles. The van der Waals surface area contributed by atoms with Crippen LogP contribution in [0.15, 0.2) is 18.2 Å². The Bertz CT molecular complexity index is 511. The highest BCUT2D eigenvalue weighted by molar-refractivity contribution is 6.04. The van der Waals surface area contributed by atoms with Gasteiger partial charge < -0.3 is 0 Å². The van der Waals surface area contributed by atoms with Crippen LogP contribution in [0.4, 0.5) is 10.3 Å². The zero-order valence-electron chi connectivity index (χ0n) is 8.36. The van der Waals surface area contributed by atoms with Crippen molar-refractivity contribution < 1.29 is 9.18 Å². The number of tetrazole rings is 1. The number of carbonyl (C=O) groups is 1. The van der Waals surface area contributed by atoms with Crippen LogP contribution >= 0.6 is 0 Å². The van der Waals surface area contributed by atoms with Crippen molar-refractivity contribution in [1.29, 1.82) is 0 Å². The lowest BCUT2D eigenvalue weighted by molar-refractivity contribution is 0.102. The monoisotopic (exact) mass is 221 g/mol. The Labute approximate surface area is 89.9 Å². The lowest BCUT2D eigenvalue weighted by atomic mass is 10.1. The van der Waals surface area contributed by atoms with Crippen LogP contribution in [0.3, 0.4) is 0 Å². The second-order valence-electron chi connectivity index (χ2n) is 3.15. The fourth-order valence-electron chi connectivity index (χ4n) is 1.22. The molecule has 0 bridgehead atoms. The average molecular weight is 221 g/mol. The van der Waals surface area contributed by atoms with Gasteiger partial charge in [0, 0.05) is 5.56 Å².